The highest BCUT2D eigenvalue weighted by Crippen LogP contribution is 2.12. The number of phenolic OH excluding ortho intramolecular Hbond substituents is 1. The molecule has 1 aromatic rings. The van der Waals surface area contributed by atoms with Crippen LogP contribution in [0.4, 0.5) is 0 Å². The first-order valence-corrected chi connectivity index (χ1v) is 5.50. The number of phenols is 1. The van der Waals surface area contributed by atoms with Crippen molar-refractivity contribution >= 4 is 5.97 Å². The van der Waals surface area contributed by atoms with Crippen LogP contribution < -0.4 is 0 Å². The summed E-state index contributed by atoms with van der Waals surface area (Å²) in [4.78, 5) is 11.7. The molecule has 0 aliphatic rings. The summed E-state index contributed by atoms with van der Waals surface area (Å²) in [6, 6.07) is 5.85. The molecule has 0 heterocycles. The van der Waals surface area contributed by atoms with Gasteiger partial charge in [-0.15, -0.1) is 24.7 Å². The summed E-state index contributed by atoms with van der Waals surface area (Å²) < 4.78 is 5.12. The van der Waals surface area contributed by atoms with Crippen molar-refractivity contribution < 1.29 is 14.6 Å². The maximum absolute atomic E-state index is 11.7. The van der Waals surface area contributed by atoms with E-state index in [0.717, 1.165) is 0 Å². The Balaban J connectivity index is 2.52. The Kier molecular flexibility index (Phi) is 5.35. The van der Waals surface area contributed by atoms with E-state index >= 15 is 0 Å². The highest BCUT2D eigenvalue weighted by molar-refractivity contribution is 5.89. The lowest BCUT2D eigenvalue weighted by Gasteiger charge is -2.11. The predicted octanol–water partition coefficient (Wildman–Crippen LogP) is 2.21. The van der Waals surface area contributed by atoms with E-state index in [1.807, 2.05) is 0 Å². The Hall–Kier alpha value is -2.39. The number of benzene rings is 1. The molecule has 0 fully saturated rings. The number of hydrogen-bond acceptors (Lipinski definition) is 3. The van der Waals surface area contributed by atoms with Gasteiger partial charge in [-0.2, -0.15) is 0 Å². The molecule has 92 valence electrons. The average molecular weight is 242 g/mol. The average Bonchev–Trinajstić information content (AvgIpc) is 2.37. The van der Waals surface area contributed by atoms with Crippen LogP contribution in [0.2, 0.25) is 0 Å². The lowest BCUT2D eigenvalue weighted by molar-refractivity contribution is 0.0444. The van der Waals surface area contributed by atoms with E-state index < -0.39 is 5.97 Å². The monoisotopic (exact) mass is 242 g/mol. The molecule has 0 saturated heterocycles. The summed E-state index contributed by atoms with van der Waals surface area (Å²) in [5.41, 5.74) is 0.382. The van der Waals surface area contributed by atoms with Crippen molar-refractivity contribution in [2.24, 2.45) is 5.92 Å². The van der Waals surface area contributed by atoms with Gasteiger partial charge in [-0.3, -0.25) is 0 Å². The maximum Gasteiger partial charge on any atom is 0.338 e. The molecule has 0 aliphatic heterocycles. The number of rotatable bonds is 5. The Morgan fingerprint density at radius 1 is 1.22 bits per heavy atom. The summed E-state index contributed by atoms with van der Waals surface area (Å²) in [5, 5.41) is 9.10. The zero-order valence-corrected chi connectivity index (χ0v) is 9.93. The molecule has 0 amide bonds. The number of aromatic hydroxyl groups is 1. The molecule has 18 heavy (non-hydrogen) atoms. The molecule has 0 unspecified atom stereocenters. The summed E-state index contributed by atoms with van der Waals surface area (Å²) in [7, 11) is 0. The maximum atomic E-state index is 11.7. The minimum Gasteiger partial charge on any atom is -0.508 e. The molecule has 0 aromatic heterocycles. The lowest BCUT2D eigenvalue weighted by atomic mass is 10.0. The molecule has 1 aromatic carbocycles. The molecule has 0 spiro atoms. The molecule has 3 nitrogen and oxygen atoms in total. The minimum absolute atomic E-state index is 0.0129. The third-order valence-electron chi connectivity index (χ3n) is 2.37. The highest BCUT2D eigenvalue weighted by Gasteiger charge is 2.11. The first-order valence-electron chi connectivity index (χ1n) is 5.50. The van der Waals surface area contributed by atoms with E-state index in [4.69, 9.17) is 22.7 Å². The van der Waals surface area contributed by atoms with E-state index in [2.05, 4.69) is 11.8 Å². The SMILES string of the molecule is C#CCC(CC#C)COC(=O)c1ccc(O)cc1. The van der Waals surface area contributed by atoms with Gasteiger partial charge in [0.05, 0.1) is 12.2 Å². The van der Waals surface area contributed by atoms with E-state index in [-0.39, 0.29) is 18.3 Å². The molecule has 3 heteroatoms. The second kappa shape index (κ2) is 7.04. The summed E-state index contributed by atoms with van der Waals surface area (Å²) in [5.74, 6) is 4.65. The van der Waals surface area contributed by atoms with Crippen LogP contribution in [0.15, 0.2) is 24.3 Å². The second-order valence-electron chi connectivity index (χ2n) is 3.83. The number of hydrogen-bond donors (Lipinski definition) is 1. The van der Waals surface area contributed by atoms with Crippen molar-refractivity contribution in [3.05, 3.63) is 29.8 Å². The standard InChI is InChI=1S/C15H14O3/c1-3-5-12(6-4-2)11-18-15(17)13-7-9-14(16)10-8-13/h1-2,7-10,12,16H,5-6,11H2. The van der Waals surface area contributed by atoms with Crippen LogP contribution in [-0.2, 0) is 4.74 Å². The molecular formula is C15H14O3. The van der Waals surface area contributed by atoms with Crippen LogP contribution in [-0.4, -0.2) is 17.7 Å². The second-order valence-corrected chi connectivity index (χ2v) is 3.83. The molecule has 0 radical (unpaired) electrons. The van der Waals surface area contributed by atoms with Crippen molar-refractivity contribution in [1.29, 1.82) is 0 Å². The number of esters is 1. The Labute approximate surface area is 107 Å². The normalized spacial score (nSPS) is 9.50. The topological polar surface area (TPSA) is 46.5 Å². The van der Waals surface area contributed by atoms with Crippen molar-refractivity contribution in [2.75, 3.05) is 6.61 Å². The van der Waals surface area contributed by atoms with Gasteiger partial charge < -0.3 is 9.84 Å². The van der Waals surface area contributed by atoms with Crippen LogP contribution in [0.1, 0.15) is 23.2 Å². The lowest BCUT2D eigenvalue weighted by Crippen LogP contribution is -2.13. The Morgan fingerprint density at radius 2 is 1.78 bits per heavy atom. The first-order chi connectivity index (χ1) is 8.67. The van der Waals surface area contributed by atoms with Crippen LogP contribution in [0.3, 0.4) is 0 Å². The number of terminal acetylenes is 2. The van der Waals surface area contributed by atoms with E-state index in [1.165, 1.54) is 24.3 Å². The molecule has 0 bridgehead atoms. The van der Waals surface area contributed by atoms with Gasteiger partial charge in [0.1, 0.15) is 5.75 Å². The fourth-order valence-electron chi connectivity index (χ4n) is 1.40. The summed E-state index contributed by atoms with van der Waals surface area (Å²) >= 11 is 0. The zero-order chi connectivity index (χ0) is 13.4. The van der Waals surface area contributed by atoms with Crippen molar-refractivity contribution in [1.82, 2.24) is 0 Å². The Bertz CT molecular complexity index is 458. The summed E-state index contributed by atoms with van der Waals surface area (Å²) in [6.07, 6.45) is 11.4. The molecule has 1 rings (SSSR count). The van der Waals surface area contributed by atoms with E-state index in [0.29, 0.717) is 18.4 Å². The number of carbonyl (C=O) groups excluding carboxylic acids is 1. The van der Waals surface area contributed by atoms with E-state index in [1.54, 1.807) is 0 Å². The highest BCUT2D eigenvalue weighted by atomic mass is 16.5. The van der Waals surface area contributed by atoms with Gasteiger partial charge in [-0.25, -0.2) is 4.79 Å². The first kappa shape index (κ1) is 13.7. The zero-order valence-electron chi connectivity index (χ0n) is 9.93. The fraction of sp³-hybridized carbons (Fsp3) is 0.267. The van der Waals surface area contributed by atoms with Gasteiger partial charge in [0, 0.05) is 18.8 Å². The van der Waals surface area contributed by atoms with Gasteiger partial charge in [0.15, 0.2) is 0 Å². The van der Waals surface area contributed by atoms with Crippen LogP contribution in [0.25, 0.3) is 0 Å². The molecule has 1 N–H and O–H groups in total. The number of ether oxygens (including phenoxy) is 1. The van der Waals surface area contributed by atoms with Crippen molar-refractivity contribution in [2.45, 2.75) is 12.8 Å². The molecule has 0 aliphatic carbocycles. The molecule has 0 atom stereocenters. The predicted molar refractivity (Wildman–Crippen MR) is 68.8 cm³/mol. The van der Waals surface area contributed by atoms with Crippen LogP contribution >= 0.6 is 0 Å². The minimum atomic E-state index is -0.450. The van der Waals surface area contributed by atoms with Crippen LogP contribution in [0.5, 0.6) is 5.75 Å². The van der Waals surface area contributed by atoms with Crippen molar-refractivity contribution in [3.8, 4) is 30.4 Å². The van der Waals surface area contributed by atoms with Gasteiger partial charge >= 0.3 is 5.97 Å². The fourth-order valence-corrected chi connectivity index (χ4v) is 1.40. The smallest absolute Gasteiger partial charge is 0.338 e. The van der Waals surface area contributed by atoms with Gasteiger partial charge in [-0.1, -0.05) is 0 Å². The van der Waals surface area contributed by atoms with Crippen LogP contribution in [0, 0.1) is 30.6 Å². The molecular weight excluding hydrogens is 228 g/mol. The Morgan fingerprint density at radius 3 is 2.28 bits per heavy atom. The van der Waals surface area contributed by atoms with Gasteiger partial charge in [0.2, 0.25) is 0 Å². The quantitative estimate of drug-likeness (QED) is 0.636. The largest absolute Gasteiger partial charge is 0.508 e. The van der Waals surface area contributed by atoms with Crippen molar-refractivity contribution in [3.63, 3.8) is 0 Å². The third-order valence-corrected chi connectivity index (χ3v) is 2.37. The third kappa shape index (κ3) is 4.23. The summed E-state index contributed by atoms with van der Waals surface area (Å²) in [6.45, 7) is 0.202. The van der Waals surface area contributed by atoms with Gasteiger partial charge in [-0.05, 0) is 24.3 Å². The number of carbonyl (C=O) groups is 1. The van der Waals surface area contributed by atoms with E-state index in [9.17, 15) is 4.79 Å². The van der Waals surface area contributed by atoms with Gasteiger partial charge in [0.25, 0.3) is 0 Å². The molecule has 0 saturated carbocycles.